The number of nitro groups is 1. The molecule has 0 aliphatic heterocycles. The van der Waals surface area contributed by atoms with E-state index in [0.29, 0.717) is 11.7 Å². The second-order valence-corrected chi connectivity index (χ2v) is 5.92. The number of carbonyl (C=O) groups excluding carboxylic acids is 1. The lowest BCUT2D eigenvalue weighted by molar-refractivity contribution is -0.384. The van der Waals surface area contributed by atoms with Crippen LogP contribution in [0.25, 0.3) is 6.08 Å². The Morgan fingerprint density at radius 1 is 1.24 bits per heavy atom. The van der Waals surface area contributed by atoms with Gasteiger partial charge in [-0.25, -0.2) is 9.48 Å². The van der Waals surface area contributed by atoms with Crippen LogP contribution in [0.4, 0.5) is 5.69 Å². The molecule has 0 radical (unpaired) electrons. The second kappa shape index (κ2) is 7.69. The molecule has 1 heterocycles. The van der Waals surface area contributed by atoms with Gasteiger partial charge in [0.2, 0.25) is 0 Å². The quantitative estimate of drug-likeness (QED) is 0.272. The third-order valence-corrected chi connectivity index (χ3v) is 4.13. The Morgan fingerprint density at radius 3 is 2.64 bits per heavy atom. The van der Waals surface area contributed by atoms with Gasteiger partial charge in [-0.1, -0.05) is 24.5 Å². The molecule has 2 aromatic rings. The molecule has 1 fully saturated rings. The standard InChI is InChI=1S/C17H18N4O4/c22-17(25-16-9-7-15(8-10-16)21(23)24)11-6-13-12-20(19-18-13)14-4-2-1-3-5-14/h6-12,14H,1-5H2/b11-6-. The number of benzene rings is 1. The molecule has 1 aromatic carbocycles. The summed E-state index contributed by atoms with van der Waals surface area (Å²) in [6.45, 7) is 0. The van der Waals surface area contributed by atoms with Gasteiger partial charge in [-0.15, -0.1) is 5.10 Å². The number of nitro benzene ring substituents is 1. The first kappa shape index (κ1) is 16.8. The van der Waals surface area contributed by atoms with Crippen molar-refractivity contribution in [2.75, 3.05) is 0 Å². The van der Waals surface area contributed by atoms with Crippen LogP contribution in [0, 0.1) is 10.1 Å². The van der Waals surface area contributed by atoms with Crippen molar-refractivity contribution in [3.63, 3.8) is 0 Å². The van der Waals surface area contributed by atoms with Crippen LogP contribution in [0.1, 0.15) is 43.8 Å². The number of rotatable bonds is 5. The summed E-state index contributed by atoms with van der Waals surface area (Å²) >= 11 is 0. The first-order valence-corrected chi connectivity index (χ1v) is 8.18. The highest BCUT2D eigenvalue weighted by Crippen LogP contribution is 2.27. The maximum Gasteiger partial charge on any atom is 0.336 e. The van der Waals surface area contributed by atoms with Gasteiger partial charge < -0.3 is 4.74 Å². The van der Waals surface area contributed by atoms with E-state index in [1.54, 1.807) is 6.08 Å². The fourth-order valence-corrected chi connectivity index (χ4v) is 2.83. The molecule has 1 aromatic heterocycles. The molecule has 3 rings (SSSR count). The molecule has 8 nitrogen and oxygen atoms in total. The largest absolute Gasteiger partial charge is 0.423 e. The minimum absolute atomic E-state index is 0.0605. The van der Waals surface area contributed by atoms with E-state index >= 15 is 0 Å². The predicted octanol–water partition coefficient (Wildman–Crippen LogP) is 3.31. The fourth-order valence-electron chi connectivity index (χ4n) is 2.83. The summed E-state index contributed by atoms with van der Waals surface area (Å²) in [7, 11) is 0. The number of hydrogen-bond donors (Lipinski definition) is 0. The van der Waals surface area contributed by atoms with Crippen molar-refractivity contribution < 1.29 is 14.5 Å². The highest BCUT2D eigenvalue weighted by Gasteiger charge is 2.16. The van der Waals surface area contributed by atoms with Crippen LogP contribution in [-0.4, -0.2) is 25.9 Å². The van der Waals surface area contributed by atoms with Crippen LogP contribution in [-0.2, 0) is 4.79 Å². The number of esters is 1. The van der Waals surface area contributed by atoms with E-state index in [9.17, 15) is 14.9 Å². The summed E-state index contributed by atoms with van der Waals surface area (Å²) in [5, 5.41) is 18.8. The molecule has 25 heavy (non-hydrogen) atoms. The number of carbonyl (C=O) groups is 1. The van der Waals surface area contributed by atoms with E-state index in [2.05, 4.69) is 10.3 Å². The zero-order valence-electron chi connectivity index (χ0n) is 13.6. The lowest BCUT2D eigenvalue weighted by Gasteiger charge is -2.20. The summed E-state index contributed by atoms with van der Waals surface area (Å²) in [4.78, 5) is 21.9. The number of aromatic nitrogens is 3. The zero-order valence-corrected chi connectivity index (χ0v) is 13.6. The maximum atomic E-state index is 11.8. The monoisotopic (exact) mass is 342 g/mol. The number of nitrogens with zero attached hydrogens (tertiary/aromatic N) is 4. The second-order valence-electron chi connectivity index (χ2n) is 5.92. The highest BCUT2D eigenvalue weighted by molar-refractivity contribution is 5.88. The van der Waals surface area contributed by atoms with Crippen molar-refractivity contribution in [2.45, 2.75) is 38.1 Å². The zero-order chi connectivity index (χ0) is 17.6. The van der Waals surface area contributed by atoms with Gasteiger partial charge >= 0.3 is 5.97 Å². The summed E-state index contributed by atoms with van der Waals surface area (Å²) in [6, 6.07) is 5.70. The summed E-state index contributed by atoms with van der Waals surface area (Å²) in [6.07, 6.45) is 10.5. The highest BCUT2D eigenvalue weighted by atomic mass is 16.6. The molecule has 0 atom stereocenters. The van der Waals surface area contributed by atoms with Gasteiger partial charge in [0.05, 0.1) is 17.2 Å². The average Bonchev–Trinajstić information content (AvgIpc) is 3.10. The number of ether oxygens (including phenoxy) is 1. The van der Waals surface area contributed by atoms with E-state index in [0.717, 1.165) is 12.8 Å². The minimum atomic E-state index is -0.582. The topological polar surface area (TPSA) is 100 Å². The van der Waals surface area contributed by atoms with E-state index in [-0.39, 0.29) is 11.4 Å². The van der Waals surface area contributed by atoms with Crippen LogP contribution in [0.2, 0.25) is 0 Å². The van der Waals surface area contributed by atoms with Crippen molar-refractivity contribution in [2.24, 2.45) is 0 Å². The van der Waals surface area contributed by atoms with Gasteiger partial charge in [-0.3, -0.25) is 10.1 Å². The molecule has 0 amide bonds. The Labute approximate surface area is 144 Å². The minimum Gasteiger partial charge on any atom is -0.423 e. The fraction of sp³-hybridized carbons (Fsp3) is 0.353. The number of non-ortho nitro benzene ring substituents is 1. The SMILES string of the molecule is O=C(/C=C\c1cn(C2CCCCC2)nn1)Oc1ccc([N+](=O)[O-])cc1. The molecule has 0 bridgehead atoms. The van der Waals surface area contributed by atoms with Crippen molar-refractivity contribution in [1.82, 2.24) is 15.0 Å². The molecule has 1 saturated carbocycles. The summed E-state index contributed by atoms with van der Waals surface area (Å²) < 4.78 is 6.95. The van der Waals surface area contributed by atoms with Gasteiger partial charge in [0, 0.05) is 18.2 Å². The Morgan fingerprint density at radius 2 is 1.96 bits per heavy atom. The Hall–Kier alpha value is -3.03. The molecule has 1 aliphatic rings. The van der Waals surface area contributed by atoms with Crippen molar-refractivity contribution in [3.8, 4) is 5.75 Å². The third kappa shape index (κ3) is 4.50. The van der Waals surface area contributed by atoms with E-state index in [4.69, 9.17) is 4.74 Å². The summed E-state index contributed by atoms with van der Waals surface area (Å²) in [5.74, 6) is -0.341. The smallest absolute Gasteiger partial charge is 0.336 e. The molecule has 0 saturated heterocycles. The predicted molar refractivity (Wildman–Crippen MR) is 89.9 cm³/mol. The van der Waals surface area contributed by atoms with Crippen molar-refractivity contribution in [1.29, 1.82) is 0 Å². The van der Waals surface area contributed by atoms with E-state index in [1.807, 2.05) is 10.9 Å². The van der Waals surface area contributed by atoms with Gasteiger partial charge in [0.25, 0.3) is 5.69 Å². The molecular weight excluding hydrogens is 324 g/mol. The molecule has 0 unspecified atom stereocenters. The molecule has 0 spiro atoms. The summed E-state index contributed by atoms with van der Waals surface area (Å²) in [5.41, 5.74) is 0.529. The average molecular weight is 342 g/mol. The Kier molecular flexibility index (Phi) is 5.17. The Bertz CT molecular complexity index is 776. The Balaban J connectivity index is 1.57. The normalized spacial score (nSPS) is 15.4. The van der Waals surface area contributed by atoms with Crippen molar-refractivity contribution >= 4 is 17.7 Å². The van der Waals surface area contributed by atoms with Crippen LogP contribution >= 0.6 is 0 Å². The molecule has 130 valence electrons. The molecule has 1 aliphatic carbocycles. The van der Waals surface area contributed by atoms with Crippen LogP contribution < -0.4 is 4.74 Å². The van der Waals surface area contributed by atoms with Crippen LogP contribution in [0.15, 0.2) is 36.5 Å². The van der Waals surface area contributed by atoms with Gasteiger partial charge in [-0.2, -0.15) is 0 Å². The maximum absolute atomic E-state index is 11.8. The van der Waals surface area contributed by atoms with Gasteiger partial charge in [0.15, 0.2) is 0 Å². The molecular formula is C17H18N4O4. The first-order valence-electron chi connectivity index (χ1n) is 8.18. The van der Waals surface area contributed by atoms with Crippen molar-refractivity contribution in [3.05, 3.63) is 52.3 Å². The van der Waals surface area contributed by atoms with Crippen LogP contribution in [0.3, 0.4) is 0 Å². The lowest BCUT2D eigenvalue weighted by atomic mass is 9.96. The first-order chi connectivity index (χ1) is 12.1. The van der Waals surface area contributed by atoms with Gasteiger partial charge in [0.1, 0.15) is 11.4 Å². The van der Waals surface area contributed by atoms with Gasteiger partial charge in [-0.05, 0) is 31.1 Å². The van der Waals surface area contributed by atoms with E-state index in [1.165, 1.54) is 49.6 Å². The van der Waals surface area contributed by atoms with Crippen LogP contribution in [0.5, 0.6) is 5.75 Å². The number of hydrogen-bond acceptors (Lipinski definition) is 6. The lowest BCUT2D eigenvalue weighted by Crippen LogP contribution is -2.13. The molecule has 0 N–H and O–H groups in total. The van der Waals surface area contributed by atoms with E-state index < -0.39 is 10.9 Å². The molecule has 8 heteroatoms. The third-order valence-electron chi connectivity index (χ3n) is 4.13.